The third-order valence-electron chi connectivity index (χ3n) is 7.45. The van der Waals surface area contributed by atoms with Gasteiger partial charge in [0.05, 0.1) is 5.52 Å². The molecule has 1 unspecified atom stereocenters. The van der Waals surface area contributed by atoms with Gasteiger partial charge in [-0.1, -0.05) is 54.6 Å². The Balaban J connectivity index is 1.46. The van der Waals surface area contributed by atoms with Crippen LogP contribution in [0.1, 0.15) is 28.4 Å². The van der Waals surface area contributed by atoms with Crippen molar-refractivity contribution in [2.75, 3.05) is 38.0 Å². The van der Waals surface area contributed by atoms with Crippen molar-refractivity contribution >= 4 is 28.4 Å². The molecule has 10 heteroatoms. The number of piperazine rings is 1. The van der Waals surface area contributed by atoms with Gasteiger partial charge < -0.3 is 19.9 Å². The van der Waals surface area contributed by atoms with Gasteiger partial charge in [-0.25, -0.2) is 0 Å². The zero-order valence-electron chi connectivity index (χ0n) is 22.6. The molecule has 0 spiro atoms. The lowest BCUT2D eigenvalue weighted by Crippen LogP contribution is -2.56. The van der Waals surface area contributed by atoms with E-state index in [9.17, 15) is 27.9 Å². The van der Waals surface area contributed by atoms with Crippen LogP contribution in [0.4, 0.5) is 18.9 Å². The van der Waals surface area contributed by atoms with Gasteiger partial charge in [-0.3, -0.25) is 14.5 Å². The van der Waals surface area contributed by atoms with Crippen LogP contribution in [-0.4, -0.2) is 70.2 Å². The number of hydrogen-bond donors (Lipinski definition) is 2. The molecule has 1 aliphatic rings. The Bertz CT molecular complexity index is 1530. The lowest BCUT2D eigenvalue weighted by atomic mass is 9.91. The van der Waals surface area contributed by atoms with E-state index < -0.39 is 18.3 Å². The number of fused-ring (bicyclic) bond motifs is 1. The quantitative estimate of drug-likeness (QED) is 0.336. The summed E-state index contributed by atoms with van der Waals surface area (Å²) < 4.78 is 46.0. The van der Waals surface area contributed by atoms with Crippen molar-refractivity contribution in [3.63, 3.8) is 0 Å². The van der Waals surface area contributed by atoms with Crippen molar-refractivity contribution in [3.8, 4) is 0 Å². The first-order chi connectivity index (χ1) is 19.5. The Morgan fingerprint density at radius 2 is 1.54 bits per heavy atom. The summed E-state index contributed by atoms with van der Waals surface area (Å²) in [5.41, 5.74) is -1.13. The molecule has 1 saturated heterocycles. The number of benzene rings is 3. The number of halogens is 3. The molecule has 7 nitrogen and oxygen atoms in total. The van der Waals surface area contributed by atoms with Crippen LogP contribution in [0.25, 0.3) is 10.9 Å². The molecule has 2 N–H and O–H groups in total. The number of aromatic nitrogens is 1. The fourth-order valence-electron chi connectivity index (χ4n) is 5.34. The van der Waals surface area contributed by atoms with Gasteiger partial charge in [-0.05, 0) is 29.8 Å². The van der Waals surface area contributed by atoms with Gasteiger partial charge >= 0.3 is 6.18 Å². The minimum absolute atomic E-state index is 0.171. The Kier molecular flexibility index (Phi) is 7.88. The first kappa shape index (κ1) is 28.4. The number of β-amino-alcohol motifs (C(OH)–C–C–N with tert-alkyl or cyclic N) is 1. The third kappa shape index (κ3) is 5.98. The summed E-state index contributed by atoms with van der Waals surface area (Å²) in [7, 11) is 0. The second-order valence-electron chi connectivity index (χ2n) is 10.4. The van der Waals surface area contributed by atoms with Crippen LogP contribution in [0, 0.1) is 0 Å². The van der Waals surface area contributed by atoms with Crippen molar-refractivity contribution in [1.82, 2.24) is 14.4 Å². The SMILES string of the molecule is CC(=O)Nc1ccc2c(C(O)(CN3CCN(C(=O)c4ccccc4)CC3)C(F)(F)F)cn(Cc3ccccc3)c2c1. The van der Waals surface area contributed by atoms with Gasteiger partial charge in [-0.15, -0.1) is 0 Å². The monoisotopic (exact) mass is 564 g/mol. The van der Waals surface area contributed by atoms with Gasteiger partial charge in [-0.2, -0.15) is 13.2 Å². The van der Waals surface area contributed by atoms with Gasteiger partial charge in [0.25, 0.3) is 5.91 Å². The largest absolute Gasteiger partial charge is 0.422 e. The van der Waals surface area contributed by atoms with Crippen LogP contribution in [-0.2, 0) is 16.9 Å². The number of carbonyl (C=O) groups is 2. The van der Waals surface area contributed by atoms with Crippen LogP contribution in [0.5, 0.6) is 0 Å². The summed E-state index contributed by atoms with van der Waals surface area (Å²) >= 11 is 0. The summed E-state index contributed by atoms with van der Waals surface area (Å²) in [6.45, 7) is 1.82. The number of nitrogens with zero attached hydrogens (tertiary/aromatic N) is 3. The number of rotatable bonds is 7. The molecule has 4 aromatic rings. The molecule has 3 aromatic carbocycles. The van der Waals surface area contributed by atoms with E-state index in [0.29, 0.717) is 16.8 Å². The lowest BCUT2D eigenvalue weighted by Gasteiger charge is -2.40. The number of amides is 2. The number of anilines is 1. The minimum atomic E-state index is -4.98. The number of nitrogens with one attached hydrogen (secondary N) is 1. The van der Waals surface area contributed by atoms with Crippen LogP contribution in [0.2, 0.25) is 0 Å². The van der Waals surface area contributed by atoms with Gasteiger partial charge in [0.1, 0.15) is 0 Å². The molecule has 0 aliphatic carbocycles. The Morgan fingerprint density at radius 3 is 2.15 bits per heavy atom. The van der Waals surface area contributed by atoms with Crippen molar-refractivity contribution < 1.29 is 27.9 Å². The van der Waals surface area contributed by atoms with E-state index in [0.717, 1.165) is 5.56 Å². The topological polar surface area (TPSA) is 77.8 Å². The predicted molar refractivity (Wildman–Crippen MR) is 151 cm³/mol. The van der Waals surface area contributed by atoms with Gasteiger partial charge in [0.2, 0.25) is 11.5 Å². The molecule has 41 heavy (non-hydrogen) atoms. The van der Waals surface area contributed by atoms with Crippen LogP contribution >= 0.6 is 0 Å². The molecular weight excluding hydrogens is 533 g/mol. The predicted octanol–water partition coefficient (Wildman–Crippen LogP) is 4.86. The molecule has 0 bridgehead atoms. The van der Waals surface area contributed by atoms with Crippen molar-refractivity contribution in [3.05, 3.63) is 102 Å². The number of carbonyl (C=O) groups excluding carboxylic acids is 2. The maximum absolute atomic E-state index is 14.8. The zero-order chi connectivity index (χ0) is 29.2. The standard InChI is InChI=1S/C31H31F3N4O3/c1-22(39)35-25-12-13-26-27(20-38(28(26)18-25)19-23-8-4-2-5-9-23)30(41,31(32,33)34)21-36-14-16-37(17-15-36)29(40)24-10-6-3-7-11-24/h2-13,18,20,41H,14-17,19,21H2,1H3,(H,35,39). The fraction of sp³-hybridized carbons (Fsp3) is 0.290. The molecule has 0 saturated carbocycles. The average molecular weight is 565 g/mol. The van der Waals surface area contributed by atoms with Crippen molar-refractivity contribution in [1.29, 1.82) is 0 Å². The van der Waals surface area contributed by atoms with Crippen molar-refractivity contribution in [2.24, 2.45) is 0 Å². The summed E-state index contributed by atoms with van der Waals surface area (Å²) in [5.74, 6) is -0.474. The van der Waals surface area contributed by atoms with E-state index in [1.54, 1.807) is 44.7 Å². The molecular formula is C31H31F3N4O3. The Hall–Kier alpha value is -4.15. The normalized spacial score (nSPS) is 16.0. The maximum Gasteiger partial charge on any atom is 0.422 e. The zero-order valence-corrected chi connectivity index (χ0v) is 22.6. The van der Waals surface area contributed by atoms with Crippen molar-refractivity contribution in [2.45, 2.75) is 25.2 Å². The second kappa shape index (κ2) is 11.4. The Labute approximate surface area is 235 Å². The van der Waals surface area contributed by atoms with E-state index in [1.807, 2.05) is 36.4 Å². The number of alkyl halides is 3. The van der Waals surface area contributed by atoms with E-state index in [4.69, 9.17) is 0 Å². The highest BCUT2D eigenvalue weighted by Crippen LogP contribution is 2.44. The van der Waals surface area contributed by atoms with E-state index in [-0.39, 0.29) is 55.5 Å². The van der Waals surface area contributed by atoms with E-state index in [1.165, 1.54) is 25.3 Å². The van der Waals surface area contributed by atoms with Crippen LogP contribution in [0.15, 0.2) is 85.1 Å². The second-order valence-corrected chi connectivity index (χ2v) is 10.4. The summed E-state index contributed by atoms with van der Waals surface area (Å²) in [5, 5.41) is 14.4. The van der Waals surface area contributed by atoms with Crippen LogP contribution in [0.3, 0.4) is 0 Å². The molecule has 0 radical (unpaired) electrons. The molecule has 1 aliphatic heterocycles. The highest BCUT2D eigenvalue weighted by molar-refractivity contribution is 5.95. The molecule has 1 fully saturated rings. The highest BCUT2D eigenvalue weighted by atomic mass is 19.4. The molecule has 214 valence electrons. The molecule has 2 heterocycles. The van der Waals surface area contributed by atoms with E-state index >= 15 is 0 Å². The fourth-order valence-corrected chi connectivity index (χ4v) is 5.34. The maximum atomic E-state index is 14.8. The molecule has 1 aromatic heterocycles. The first-order valence-corrected chi connectivity index (χ1v) is 13.4. The van der Waals surface area contributed by atoms with Crippen LogP contribution < -0.4 is 5.32 Å². The molecule has 2 amide bonds. The third-order valence-corrected chi connectivity index (χ3v) is 7.45. The highest BCUT2D eigenvalue weighted by Gasteiger charge is 2.57. The lowest BCUT2D eigenvalue weighted by molar-refractivity contribution is -0.271. The summed E-state index contributed by atoms with van der Waals surface area (Å²) in [6.07, 6.45) is -3.62. The first-order valence-electron chi connectivity index (χ1n) is 13.4. The molecule has 1 atom stereocenters. The average Bonchev–Trinajstić information content (AvgIpc) is 3.31. The number of aliphatic hydroxyl groups is 1. The number of hydrogen-bond acceptors (Lipinski definition) is 4. The van der Waals surface area contributed by atoms with E-state index in [2.05, 4.69) is 5.32 Å². The minimum Gasteiger partial charge on any atom is -0.375 e. The summed E-state index contributed by atoms with van der Waals surface area (Å²) in [6, 6.07) is 22.7. The molecule has 5 rings (SSSR count). The van der Waals surface area contributed by atoms with Gasteiger partial charge in [0, 0.05) is 74.6 Å². The Morgan fingerprint density at radius 1 is 0.902 bits per heavy atom. The summed E-state index contributed by atoms with van der Waals surface area (Å²) in [4.78, 5) is 27.6. The smallest absolute Gasteiger partial charge is 0.375 e. The van der Waals surface area contributed by atoms with Gasteiger partial charge in [0.15, 0.2) is 0 Å².